The molecule has 1 aliphatic rings. The van der Waals surface area contributed by atoms with E-state index in [0.29, 0.717) is 0 Å². The summed E-state index contributed by atoms with van der Waals surface area (Å²) in [5, 5.41) is 20.1. The molecule has 1 fully saturated rings. The number of imidazole rings is 1. The lowest BCUT2D eigenvalue weighted by molar-refractivity contribution is -0.0355. The summed E-state index contributed by atoms with van der Waals surface area (Å²) >= 11 is 5.77. The van der Waals surface area contributed by atoms with Crippen LogP contribution in [0, 0.1) is 0 Å². The largest absolute Gasteiger partial charge is 0.388 e. The minimum Gasteiger partial charge on any atom is -0.388 e. The molecule has 132 valence electrons. The minimum absolute atomic E-state index is 0.0508. The standard InChI is InChI=1S/C11H15ClN5O6P/c12-11-15-8(13)5-9(16-11)17(3-14-5)10-7(19)6(18)4(23-10)1-2-24(20,21)22/h3-4,6-7,10,18-19H,1-2H2,(H2,13,15,16)(H2,20,21,22)/t4-,6?,7?,10-/m1/s1. The van der Waals surface area contributed by atoms with E-state index in [4.69, 9.17) is 31.9 Å². The number of hydrogen-bond acceptors (Lipinski definition) is 8. The Kier molecular flexibility index (Phi) is 4.51. The predicted molar refractivity (Wildman–Crippen MR) is 82.2 cm³/mol. The van der Waals surface area contributed by atoms with Crippen molar-refractivity contribution >= 4 is 36.2 Å². The van der Waals surface area contributed by atoms with Gasteiger partial charge < -0.3 is 30.5 Å². The number of aliphatic hydroxyl groups excluding tert-OH is 2. The molecule has 24 heavy (non-hydrogen) atoms. The number of nitrogens with zero attached hydrogens (tertiary/aromatic N) is 4. The molecule has 4 atom stereocenters. The molecule has 2 unspecified atom stereocenters. The molecule has 0 spiro atoms. The van der Waals surface area contributed by atoms with Crippen LogP contribution in [0.3, 0.4) is 0 Å². The van der Waals surface area contributed by atoms with Crippen LogP contribution in [0.4, 0.5) is 5.82 Å². The van der Waals surface area contributed by atoms with Gasteiger partial charge >= 0.3 is 7.60 Å². The Morgan fingerprint density at radius 1 is 1.33 bits per heavy atom. The third-order valence-corrected chi connectivity index (χ3v) is 4.75. The molecule has 0 aliphatic carbocycles. The molecular formula is C11H15ClN5O6P. The van der Waals surface area contributed by atoms with Gasteiger partial charge in [0.15, 0.2) is 17.7 Å². The number of aromatic nitrogens is 4. The number of anilines is 1. The fraction of sp³-hybridized carbons (Fsp3) is 0.545. The van der Waals surface area contributed by atoms with Crippen molar-refractivity contribution in [3.05, 3.63) is 11.6 Å². The molecule has 0 amide bonds. The summed E-state index contributed by atoms with van der Waals surface area (Å²) in [4.78, 5) is 29.6. The van der Waals surface area contributed by atoms with Gasteiger partial charge in [0, 0.05) is 0 Å². The van der Waals surface area contributed by atoms with E-state index < -0.39 is 38.3 Å². The molecule has 3 rings (SSSR count). The van der Waals surface area contributed by atoms with Gasteiger partial charge in [0.1, 0.15) is 17.7 Å². The number of nitrogen functional groups attached to an aromatic ring is 1. The summed E-state index contributed by atoms with van der Waals surface area (Å²) in [6.45, 7) is 0. The molecule has 1 saturated heterocycles. The minimum atomic E-state index is -4.24. The Bertz CT molecular complexity index is 812. The molecule has 3 heterocycles. The maximum atomic E-state index is 11.0. The smallest absolute Gasteiger partial charge is 0.325 e. The summed E-state index contributed by atoms with van der Waals surface area (Å²) in [7, 11) is -4.24. The summed E-state index contributed by atoms with van der Waals surface area (Å²) in [6, 6.07) is 0. The van der Waals surface area contributed by atoms with Crippen molar-refractivity contribution in [3.8, 4) is 0 Å². The lowest BCUT2D eigenvalue weighted by Crippen LogP contribution is -2.31. The van der Waals surface area contributed by atoms with Gasteiger partial charge in [-0.2, -0.15) is 9.97 Å². The maximum Gasteiger partial charge on any atom is 0.325 e. The van der Waals surface area contributed by atoms with Gasteiger partial charge in [-0.1, -0.05) is 0 Å². The molecule has 1 aliphatic heterocycles. The topological polar surface area (TPSA) is 177 Å². The van der Waals surface area contributed by atoms with Crippen LogP contribution in [0.15, 0.2) is 6.33 Å². The SMILES string of the molecule is Nc1nc(Cl)nc2c1ncn2[C@@H]1O[C@H](CCP(=O)(O)O)C(O)C1O. The number of fused-ring (bicyclic) bond motifs is 1. The highest BCUT2D eigenvalue weighted by atomic mass is 35.5. The first-order valence-electron chi connectivity index (χ1n) is 6.89. The van der Waals surface area contributed by atoms with Gasteiger partial charge in [-0.05, 0) is 18.0 Å². The van der Waals surface area contributed by atoms with Gasteiger partial charge in [0.2, 0.25) is 5.28 Å². The fourth-order valence-corrected chi connectivity index (χ4v) is 3.35. The third kappa shape index (κ3) is 3.24. The maximum absolute atomic E-state index is 11.0. The van der Waals surface area contributed by atoms with Crippen molar-refractivity contribution in [2.75, 3.05) is 11.9 Å². The number of halogens is 1. The Hall–Kier alpha value is -1.33. The highest BCUT2D eigenvalue weighted by molar-refractivity contribution is 7.51. The Balaban J connectivity index is 1.89. The first kappa shape index (κ1) is 17.5. The van der Waals surface area contributed by atoms with E-state index in [0.717, 1.165) is 0 Å². The summed E-state index contributed by atoms with van der Waals surface area (Å²) in [5.41, 5.74) is 6.16. The second kappa shape index (κ2) is 6.19. The van der Waals surface area contributed by atoms with Crippen LogP contribution >= 0.6 is 19.2 Å². The lowest BCUT2D eigenvalue weighted by Gasteiger charge is -2.16. The molecule has 6 N–H and O–H groups in total. The van der Waals surface area contributed by atoms with E-state index in [-0.39, 0.29) is 28.7 Å². The second-order valence-electron chi connectivity index (χ2n) is 5.43. The molecule has 2 aromatic heterocycles. The van der Waals surface area contributed by atoms with Crippen LogP contribution in [0.25, 0.3) is 11.2 Å². The molecule has 0 radical (unpaired) electrons. The third-order valence-electron chi connectivity index (χ3n) is 3.74. The number of nitrogens with two attached hydrogens (primary N) is 1. The predicted octanol–water partition coefficient (Wildman–Crippen LogP) is -0.751. The average molecular weight is 380 g/mol. The molecule has 11 nitrogen and oxygen atoms in total. The fourth-order valence-electron chi connectivity index (χ4n) is 2.59. The highest BCUT2D eigenvalue weighted by Gasteiger charge is 2.44. The van der Waals surface area contributed by atoms with Gasteiger partial charge in [-0.25, -0.2) is 4.98 Å². The van der Waals surface area contributed by atoms with E-state index in [1.807, 2.05) is 0 Å². The van der Waals surface area contributed by atoms with Crippen molar-refractivity contribution in [2.24, 2.45) is 0 Å². The van der Waals surface area contributed by atoms with Crippen molar-refractivity contribution in [1.82, 2.24) is 19.5 Å². The molecular weight excluding hydrogens is 365 g/mol. The normalized spacial score (nSPS) is 27.9. The zero-order chi connectivity index (χ0) is 17.6. The number of ether oxygens (including phenoxy) is 1. The quantitative estimate of drug-likeness (QED) is 0.335. The van der Waals surface area contributed by atoms with Gasteiger partial charge in [0.05, 0.1) is 18.6 Å². The zero-order valence-electron chi connectivity index (χ0n) is 12.1. The first-order valence-corrected chi connectivity index (χ1v) is 9.06. The van der Waals surface area contributed by atoms with E-state index >= 15 is 0 Å². The Labute approximate surface area is 140 Å². The van der Waals surface area contributed by atoms with Crippen molar-refractivity contribution < 1.29 is 29.3 Å². The zero-order valence-corrected chi connectivity index (χ0v) is 13.7. The molecule has 2 aromatic rings. The van der Waals surface area contributed by atoms with Crippen LogP contribution in [0.1, 0.15) is 12.6 Å². The summed E-state index contributed by atoms with van der Waals surface area (Å²) in [6.07, 6.45) is -3.98. The molecule has 0 aromatic carbocycles. The number of hydrogen-bond donors (Lipinski definition) is 5. The Morgan fingerprint density at radius 3 is 2.71 bits per heavy atom. The van der Waals surface area contributed by atoms with E-state index in [1.54, 1.807) is 0 Å². The monoisotopic (exact) mass is 379 g/mol. The van der Waals surface area contributed by atoms with Crippen molar-refractivity contribution in [1.29, 1.82) is 0 Å². The number of rotatable bonds is 4. The van der Waals surface area contributed by atoms with Crippen LogP contribution in [-0.2, 0) is 9.30 Å². The summed E-state index contributed by atoms with van der Waals surface area (Å²) < 4.78 is 17.9. The summed E-state index contributed by atoms with van der Waals surface area (Å²) in [5.74, 6) is 0.0508. The second-order valence-corrected chi connectivity index (χ2v) is 7.54. The number of aliphatic hydroxyl groups is 2. The highest BCUT2D eigenvalue weighted by Crippen LogP contribution is 2.39. The molecule has 0 saturated carbocycles. The van der Waals surface area contributed by atoms with Gasteiger partial charge in [-0.15, -0.1) is 0 Å². The van der Waals surface area contributed by atoms with Crippen LogP contribution in [-0.4, -0.2) is 64.0 Å². The first-order chi connectivity index (χ1) is 11.2. The van der Waals surface area contributed by atoms with Crippen molar-refractivity contribution in [2.45, 2.75) is 31.0 Å². The van der Waals surface area contributed by atoms with E-state index in [2.05, 4.69) is 15.0 Å². The van der Waals surface area contributed by atoms with E-state index in [9.17, 15) is 14.8 Å². The molecule has 0 bridgehead atoms. The van der Waals surface area contributed by atoms with Gasteiger partial charge in [0.25, 0.3) is 0 Å². The molecule has 13 heteroatoms. The Morgan fingerprint density at radius 2 is 2.04 bits per heavy atom. The van der Waals surface area contributed by atoms with Crippen LogP contribution in [0.2, 0.25) is 5.28 Å². The van der Waals surface area contributed by atoms with Crippen LogP contribution < -0.4 is 5.73 Å². The average Bonchev–Trinajstić information content (AvgIpc) is 3.00. The van der Waals surface area contributed by atoms with Crippen molar-refractivity contribution in [3.63, 3.8) is 0 Å². The lowest BCUT2D eigenvalue weighted by atomic mass is 10.1. The van der Waals surface area contributed by atoms with Crippen LogP contribution in [0.5, 0.6) is 0 Å². The van der Waals surface area contributed by atoms with Gasteiger partial charge in [-0.3, -0.25) is 9.13 Å². The van der Waals surface area contributed by atoms with E-state index in [1.165, 1.54) is 10.9 Å².